The van der Waals surface area contributed by atoms with Gasteiger partial charge in [-0.1, -0.05) is 54.9 Å². The van der Waals surface area contributed by atoms with Crippen LogP contribution in [0, 0.1) is 0 Å². The number of rotatable bonds is 8. The third kappa shape index (κ3) is 5.89. The Bertz CT molecular complexity index is 645. The fourth-order valence-electron chi connectivity index (χ4n) is 2.46. The van der Waals surface area contributed by atoms with E-state index >= 15 is 0 Å². The molecule has 2 rings (SSSR count). The zero-order valence-corrected chi connectivity index (χ0v) is 14.9. The molecule has 2 aromatic carbocycles. The molecule has 0 unspecified atom stereocenters. The maximum absolute atomic E-state index is 12.4. The van der Waals surface area contributed by atoms with Gasteiger partial charge in [-0.05, 0) is 49.9 Å². The fourth-order valence-corrected chi connectivity index (χ4v) is 2.64. The van der Waals surface area contributed by atoms with Crippen LogP contribution in [0.5, 0.6) is 5.75 Å². The Hall–Kier alpha value is -2.00. The summed E-state index contributed by atoms with van der Waals surface area (Å²) in [5, 5.41) is 3.64. The number of benzene rings is 2. The molecule has 0 bridgehead atoms. The van der Waals surface area contributed by atoms with Crippen molar-refractivity contribution in [3.8, 4) is 5.75 Å². The van der Waals surface area contributed by atoms with E-state index in [4.69, 9.17) is 16.3 Å². The van der Waals surface area contributed by atoms with Crippen molar-refractivity contribution in [3.05, 3.63) is 65.2 Å². The number of hydrogen-bond acceptors (Lipinski definition) is 2. The lowest BCUT2D eigenvalue weighted by molar-refractivity contribution is -0.128. The fraction of sp³-hybridized carbons (Fsp3) is 0.350. The van der Waals surface area contributed by atoms with Crippen molar-refractivity contribution in [2.75, 3.05) is 0 Å². The van der Waals surface area contributed by atoms with Gasteiger partial charge in [0, 0.05) is 11.1 Å². The van der Waals surface area contributed by atoms with Gasteiger partial charge in [0.05, 0.1) is 0 Å². The molecule has 0 fully saturated rings. The van der Waals surface area contributed by atoms with Crippen LogP contribution >= 0.6 is 11.6 Å². The van der Waals surface area contributed by atoms with Gasteiger partial charge < -0.3 is 10.1 Å². The van der Waals surface area contributed by atoms with Crippen molar-refractivity contribution in [3.63, 3.8) is 0 Å². The molecule has 2 atom stereocenters. The molecule has 0 saturated heterocycles. The molecule has 0 spiro atoms. The minimum atomic E-state index is -0.511. The van der Waals surface area contributed by atoms with Crippen molar-refractivity contribution < 1.29 is 9.53 Å². The van der Waals surface area contributed by atoms with Gasteiger partial charge in [0.25, 0.3) is 5.91 Å². The predicted molar refractivity (Wildman–Crippen MR) is 98.5 cm³/mol. The van der Waals surface area contributed by atoms with Crippen LogP contribution in [0.15, 0.2) is 54.6 Å². The van der Waals surface area contributed by atoms with Gasteiger partial charge in [-0.15, -0.1) is 0 Å². The number of carbonyl (C=O) groups is 1. The summed E-state index contributed by atoms with van der Waals surface area (Å²) in [6.45, 7) is 3.95. The van der Waals surface area contributed by atoms with Crippen LogP contribution in [0.1, 0.15) is 32.3 Å². The van der Waals surface area contributed by atoms with Gasteiger partial charge in [0.15, 0.2) is 6.10 Å². The first-order valence-electron chi connectivity index (χ1n) is 8.35. The lowest BCUT2D eigenvalue weighted by Crippen LogP contribution is -2.42. The number of amides is 1. The third-order valence-electron chi connectivity index (χ3n) is 3.84. The number of nitrogens with one attached hydrogen (secondary N) is 1. The van der Waals surface area contributed by atoms with Gasteiger partial charge in [-0.2, -0.15) is 0 Å². The van der Waals surface area contributed by atoms with Crippen molar-refractivity contribution >= 4 is 17.5 Å². The van der Waals surface area contributed by atoms with E-state index in [0.717, 1.165) is 12.8 Å². The van der Waals surface area contributed by atoms with Crippen molar-refractivity contribution in [1.29, 1.82) is 0 Å². The zero-order chi connectivity index (χ0) is 17.4. The molecule has 4 heteroatoms. The Labute approximate surface area is 149 Å². The van der Waals surface area contributed by atoms with Gasteiger partial charge in [-0.25, -0.2) is 0 Å². The van der Waals surface area contributed by atoms with E-state index in [2.05, 4.69) is 17.4 Å². The van der Waals surface area contributed by atoms with E-state index < -0.39 is 6.10 Å². The van der Waals surface area contributed by atoms with E-state index in [0.29, 0.717) is 17.2 Å². The second kappa shape index (κ2) is 9.33. The molecule has 0 heterocycles. The van der Waals surface area contributed by atoms with Crippen LogP contribution in [-0.2, 0) is 11.2 Å². The molecule has 0 aliphatic rings. The number of aryl methyl sites for hydroxylation is 1. The first kappa shape index (κ1) is 18.3. The molecule has 24 heavy (non-hydrogen) atoms. The van der Waals surface area contributed by atoms with Crippen LogP contribution in [0.4, 0.5) is 0 Å². The quantitative estimate of drug-likeness (QED) is 0.757. The molecule has 1 N–H and O–H groups in total. The summed E-state index contributed by atoms with van der Waals surface area (Å²) in [7, 11) is 0. The largest absolute Gasteiger partial charge is 0.481 e. The molecule has 0 aliphatic heterocycles. The average molecular weight is 346 g/mol. The number of carbonyl (C=O) groups excluding carboxylic acids is 1. The van der Waals surface area contributed by atoms with Gasteiger partial charge in [0.2, 0.25) is 0 Å². The third-order valence-corrected chi connectivity index (χ3v) is 4.07. The van der Waals surface area contributed by atoms with Crippen LogP contribution in [0.2, 0.25) is 5.02 Å². The molecule has 0 aromatic heterocycles. The maximum atomic E-state index is 12.4. The molecule has 3 nitrogen and oxygen atoms in total. The highest BCUT2D eigenvalue weighted by atomic mass is 35.5. The van der Waals surface area contributed by atoms with E-state index in [1.54, 1.807) is 18.2 Å². The van der Waals surface area contributed by atoms with Gasteiger partial charge >= 0.3 is 0 Å². The van der Waals surface area contributed by atoms with Crippen LogP contribution in [-0.4, -0.2) is 18.1 Å². The maximum Gasteiger partial charge on any atom is 0.261 e. The molecule has 0 aliphatic carbocycles. The summed E-state index contributed by atoms with van der Waals surface area (Å²) in [5.74, 6) is 0.527. The first-order valence-corrected chi connectivity index (χ1v) is 8.72. The standard InChI is InChI=1S/C20H24ClNO2/c1-3-19(24-18-11-7-10-17(21)14-18)20(23)22-15(2)12-13-16-8-5-4-6-9-16/h4-11,14-15,19H,3,12-13H2,1-2H3,(H,22,23)/t15-,19+/m1/s1. The minimum Gasteiger partial charge on any atom is -0.481 e. The Kier molecular flexibility index (Phi) is 7.13. The van der Waals surface area contributed by atoms with Gasteiger partial charge in [0.1, 0.15) is 5.75 Å². The molecule has 128 valence electrons. The SMILES string of the molecule is CC[C@H](Oc1cccc(Cl)c1)C(=O)N[C@H](C)CCc1ccccc1. The summed E-state index contributed by atoms with van der Waals surface area (Å²) in [6.07, 6.45) is 1.92. The molecule has 2 aromatic rings. The van der Waals surface area contributed by atoms with Gasteiger partial charge in [-0.3, -0.25) is 4.79 Å². The predicted octanol–water partition coefficient (Wildman–Crippen LogP) is 4.63. The molecule has 1 amide bonds. The van der Waals surface area contributed by atoms with Crippen LogP contribution in [0.25, 0.3) is 0 Å². The minimum absolute atomic E-state index is 0.0852. The van der Waals surface area contributed by atoms with E-state index in [-0.39, 0.29) is 11.9 Å². The molecule has 0 radical (unpaired) electrons. The Morgan fingerprint density at radius 3 is 2.58 bits per heavy atom. The summed E-state index contributed by atoms with van der Waals surface area (Å²) in [4.78, 5) is 12.4. The highest BCUT2D eigenvalue weighted by molar-refractivity contribution is 6.30. The second-order valence-corrected chi connectivity index (χ2v) is 6.34. The number of hydrogen-bond donors (Lipinski definition) is 1. The normalized spacial score (nSPS) is 13.1. The first-order chi connectivity index (χ1) is 11.6. The summed E-state index contributed by atoms with van der Waals surface area (Å²) in [5.41, 5.74) is 1.28. The van der Waals surface area contributed by atoms with E-state index in [1.807, 2.05) is 38.1 Å². The van der Waals surface area contributed by atoms with E-state index in [9.17, 15) is 4.79 Å². The molecular formula is C20H24ClNO2. The summed E-state index contributed by atoms with van der Waals surface area (Å²) >= 11 is 5.95. The lowest BCUT2D eigenvalue weighted by atomic mass is 10.1. The lowest BCUT2D eigenvalue weighted by Gasteiger charge is -2.20. The Balaban J connectivity index is 1.84. The average Bonchev–Trinajstić information content (AvgIpc) is 2.58. The Morgan fingerprint density at radius 2 is 1.92 bits per heavy atom. The summed E-state index contributed by atoms with van der Waals surface area (Å²) in [6, 6.07) is 17.5. The van der Waals surface area contributed by atoms with Crippen LogP contribution < -0.4 is 10.1 Å². The Morgan fingerprint density at radius 1 is 1.17 bits per heavy atom. The second-order valence-electron chi connectivity index (χ2n) is 5.91. The summed E-state index contributed by atoms with van der Waals surface area (Å²) < 4.78 is 5.77. The molecular weight excluding hydrogens is 322 g/mol. The van der Waals surface area contributed by atoms with Crippen molar-refractivity contribution in [2.45, 2.75) is 45.3 Å². The topological polar surface area (TPSA) is 38.3 Å². The zero-order valence-electron chi connectivity index (χ0n) is 14.2. The number of ether oxygens (including phenoxy) is 1. The van der Waals surface area contributed by atoms with E-state index in [1.165, 1.54) is 5.56 Å². The van der Waals surface area contributed by atoms with Crippen molar-refractivity contribution in [1.82, 2.24) is 5.32 Å². The highest BCUT2D eigenvalue weighted by Gasteiger charge is 2.20. The smallest absolute Gasteiger partial charge is 0.261 e. The monoisotopic (exact) mass is 345 g/mol. The molecule has 0 saturated carbocycles. The number of halogens is 1. The van der Waals surface area contributed by atoms with Crippen molar-refractivity contribution in [2.24, 2.45) is 0 Å². The highest BCUT2D eigenvalue weighted by Crippen LogP contribution is 2.19. The van der Waals surface area contributed by atoms with Crippen LogP contribution in [0.3, 0.4) is 0 Å².